The van der Waals surface area contributed by atoms with Crippen molar-refractivity contribution in [1.29, 1.82) is 0 Å². The molecule has 5 nitrogen and oxygen atoms in total. The first-order valence-corrected chi connectivity index (χ1v) is 9.87. The van der Waals surface area contributed by atoms with E-state index >= 15 is 0 Å². The van der Waals surface area contributed by atoms with Gasteiger partial charge in [-0.05, 0) is 48.3 Å². The van der Waals surface area contributed by atoms with Gasteiger partial charge in [0.1, 0.15) is 10.7 Å². The van der Waals surface area contributed by atoms with Crippen LogP contribution in [0.5, 0.6) is 0 Å². The zero-order valence-electron chi connectivity index (χ0n) is 12.1. The summed E-state index contributed by atoms with van der Waals surface area (Å²) in [5, 5.41) is 2.93. The SMILES string of the molecule is CNCc1cc(S(=O)(=O)N(C)C(C)CCSC)c(Br)o1. The lowest BCUT2D eigenvalue weighted by Crippen LogP contribution is -2.35. The van der Waals surface area contributed by atoms with E-state index in [-0.39, 0.29) is 15.6 Å². The smallest absolute Gasteiger partial charge is 0.247 e. The van der Waals surface area contributed by atoms with Crippen molar-refractivity contribution in [3.8, 4) is 0 Å². The molecule has 0 amide bonds. The van der Waals surface area contributed by atoms with E-state index in [1.807, 2.05) is 13.2 Å². The monoisotopic (exact) mass is 384 g/mol. The number of nitrogens with zero attached hydrogens (tertiary/aromatic N) is 1. The molecule has 0 aliphatic heterocycles. The summed E-state index contributed by atoms with van der Waals surface area (Å²) in [4.78, 5) is 0.182. The largest absolute Gasteiger partial charge is 0.452 e. The van der Waals surface area contributed by atoms with Crippen LogP contribution in [0.4, 0.5) is 0 Å². The molecule has 1 aromatic heterocycles. The fourth-order valence-electron chi connectivity index (χ4n) is 1.70. The standard InChI is InChI=1S/C12H21BrN2O3S2/c1-9(5-6-19-4)15(3)20(16,17)11-7-10(8-14-2)18-12(11)13/h7,9,14H,5-6,8H2,1-4H3. The van der Waals surface area contributed by atoms with Gasteiger partial charge in [-0.25, -0.2) is 8.42 Å². The molecular formula is C12H21BrN2O3S2. The Bertz CT molecular complexity index is 531. The van der Waals surface area contributed by atoms with Crippen LogP contribution < -0.4 is 5.32 Å². The molecule has 0 radical (unpaired) electrons. The normalized spacial score (nSPS) is 13.9. The summed E-state index contributed by atoms with van der Waals surface area (Å²) in [6, 6.07) is 1.51. The Morgan fingerprint density at radius 3 is 2.75 bits per heavy atom. The molecule has 1 rings (SSSR count). The van der Waals surface area contributed by atoms with Crippen LogP contribution in [0.1, 0.15) is 19.1 Å². The molecule has 1 unspecified atom stereocenters. The molecule has 1 atom stereocenters. The minimum absolute atomic E-state index is 0.0537. The lowest BCUT2D eigenvalue weighted by atomic mass is 10.3. The Morgan fingerprint density at radius 1 is 1.55 bits per heavy atom. The number of sulfonamides is 1. The fraction of sp³-hybridized carbons (Fsp3) is 0.667. The van der Waals surface area contributed by atoms with Gasteiger partial charge in [0.15, 0.2) is 4.67 Å². The van der Waals surface area contributed by atoms with E-state index in [2.05, 4.69) is 21.2 Å². The topological polar surface area (TPSA) is 62.6 Å². The van der Waals surface area contributed by atoms with Crippen LogP contribution in [0.3, 0.4) is 0 Å². The third kappa shape index (κ3) is 4.24. The lowest BCUT2D eigenvalue weighted by Gasteiger charge is -2.23. The van der Waals surface area contributed by atoms with E-state index in [4.69, 9.17) is 4.42 Å². The first-order valence-electron chi connectivity index (χ1n) is 6.24. The highest BCUT2D eigenvalue weighted by molar-refractivity contribution is 9.10. The minimum Gasteiger partial charge on any atom is -0.452 e. The Labute approximate surface area is 133 Å². The van der Waals surface area contributed by atoms with Gasteiger partial charge in [0, 0.05) is 19.2 Å². The second kappa shape index (κ2) is 7.84. The quantitative estimate of drug-likeness (QED) is 0.745. The van der Waals surface area contributed by atoms with Gasteiger partial charge >= 0.3 is 0 Å². The van der Waals surface area contributed by atoms with E-state index in [0.717, 1.165) is 12.2 Å². The lowest BCUT2D eigenvalue weighted by molar-refractivity contribution is 0.381. The first kappa shape index (κ1) is 18.0. The molecule has 20 heavy (non-hydrogen) atoms. The van der Waals surface area contributed by atoms with E-state index in [9.17, 15) is 8.42 Å². The van der Waals surface area contributed by atoms with E-state index < -0.39 is 10.0 Å². The molecular weight excluding hydrogens is 364 g/mol. The van der Waals surface area contributed by atoms with E-state index in [0.29, 0.717) is 12.3 Å². The maximum absolute atomic E-state index is 12.6. The van der Waals surface area contributed by atoms with Crippen LogP contribution in [0.2, 0.25) is 0 Å². The molecule has 0 saturated carbocycles. The molecule has 0 aromatic carbocycles. The number of hydrogen-bond donors (Lipinski definition) is 1. The van der Waals surface area contributed by atoms with Crippen molar-refractivity contribution in [1.82, 2.24) is 9.62 Å². The third-order valence-corrected chi connectivity index (χ3v) is 6.55. The van der Waals surface area contributed by atoms with Crippen LogP contribution in [0.25, 0.3) is 0 Å². The predicted molar refractivity (Wildman–Crippen MR) is 86.6 cm³/mol. The molecule has 1 aromatic rings. The maximum atomic E-state index is 12.6. The average molecular weight is 385 g/mol. The summed E-state index contributed by atoms with van der Waals surface area (Å²) < 4.78 is 32.2. The molecule has 116 valence electrons. The van der Waals surface area contributed by atoms with Crippen LogP contribution in [0.15, 0.2) is 20.0 Å². The van der Waals surface area contributed by atoms with Gasteiger partial charge in [-0.2, -0.15) is 16.1 Å². The van der Waals surface area contributed by atoms with Crippen LogP contribution in [-0.4, -0.2) is 44.9 Å². The number of halogens is 1. The van der Waals surface area contributed by atoms with Crippen molar-refractivity contribution >= 4 is 37.7 Å². The second-order valence-corrected chi connectivity index (χ2v) is 8.20. The third-order valence-electron chi connectivity index (χ3n) is 3.08. The van der Waals surface area contributed by atoms with Gasteiger partial charge in [0.25, 0.3) is 0 Å². The highest BCUT2D eigenvalue weighted by atomic mass is 79.9. The zero-order valence-corrected chi connectivity index (χ0v) is 15.4. The summed E-state index contributed by atoms with van der Waals surface area (Å²) in [6.45, 7) is 2.40. The zero-order chi connectivity index (χ0) is 15.3. The molecule has 0 spiro atoms. The van der Waals surface area contributed by atoms with E-state index in [1.54, 1.807) is 31.9 Å². The van der Waals surface area contributed by atoms with Crippen LogP contribution >= 0.6 is 27.7 Å². The van der Waals surface area contributed by atoms with Gasteiger partial charge in [-0.1, -0.05) is 0 Å². The number of hydrogen-bond acceptors (Lipinski definition) is 5. The molecule has 0 saturated heterocycles. The molecule has 0 bridgehead atoms. The van der Waals surface area contributed by atoms with Crippen molar-refractivity contribution in [3.63, 3.8) is 0 Å². The van der Waals surface area contributed by atoms with Crippen LogP contribution in [-0.2, 0) is 16.6 Å². The van der Waals surface area contributed by atoms with Crippen molar-refractivity contribution in [2.24, 2.45) is 0 Å². The average Bonchev–Trinajstić information content (AvgIpc) is 2.77. The first-order chi connectivity index (χ1) is 9.34. The van der Waals surface area contributed by atoms with Crippen molar-refractivity contribution in [2.75, 3.05) is 26.1 Å². The molecule has 0 fully saturated rings. The highest BCUT2D eigenvalue weighted by Crippen LogP contribution is 2.29. The van der Waals surface area contributed by atoms with E-state index in [1.165, 1.54) is 4.31 Å². The number of nitrogens with one attached hydrogen (secondary N) is 1. The van der Waals surface area contributed by atoms with Crippen molar-refractivity contribution in [3.05, 3.63) is 16.5 Å². The predicted octanol–water partition coefficient (Wildman–Crippen LogP) is 2.52. The minimum atomic E-state index is -3.54. The Kier molecular flexibility index (Phi) is 7.07. The number of thioether (sulfide) groups is 1. The Morgan fingerprint density at radius 2 is 2.20 bits per heavy atom. The summed E-state index contributed by atoms with van der Waals surface area (Å²) >= 11 is 4.90. The van der Waals surface area contributed by atoms with Gasteiger partial charge in [-0.3, -0.25) is 0 Å². The molecule has 0 aliphatic rings. The fourth-order valence-corrected chi connectivity index (χ4v) is 4.62. The highest BCUT2D eigenvalue weighted by Gasteiger charge is 2.29. The summed E-state index contributed by atoms with van der Waals surface area (Å²) in [6.07, 6.45) is 2.83. The van der Waals surface area contributed by atoms with Gasteiger partial charge in [-0.15, -0.1) is 0 Å². The summed E-state index contributed by atoms with van der Waals surface area (Å²) in [7, 11) is -0.153. The summed E-state index contributed by atoms with van der Waals surface area (Å²) in [5.74, 6) is 1.52. The molecule has 1 heterocycles. The molecule has 0 aliphatic carbocycles. The number of furan rings is 1. The van der Waals surface area contributed by atoms with Crippen LogP contribution in [0, 0.1) is 0 Å². The second-order valence-electron chi connectivity index (χ2n) is 4.53. The van der Waals surface area contributed by atoms with Crippen molar-refractivity contribution < 1.29 is 12.8 Å². The van der Waals surface area contributed by atoms with Gasteiger partial charge in [0.2, 0.25) is 10.0 Å². The van der Waals surface area contributed by atoms with Crippen molar-refractivity contribution in [2.45, 2.75) is 30.8 Å². The Hall–Kier alpha value is -0.0200. The maximum Gasteiger partial charge on any atom is 0.247 e. The number of rotatable bonds is 8. The van der Waals surface area contributed by atoms with Gasteiger partial charge in [0.05, 0.1) is 6.54 Å². The summed E-state index contributed by atoms with van der Waals surface area (Å²) in [5.41, 5.74) is 0. The Balaban J connectivity index is 2.97. The van der Waals surface area contributed by atoms with Gasteiger partial charge < -0.3 is 9.73 Å². The molecule has 8 heteroatoms. The molecule has 1 N–H and O–H groups in total.